The third-order valence-corrected chi connectivity index (χ3v) is 12.8. The number of rotatable bonds is 25. The Labute approximate surface area is 507 Å². The number of nitrogens with one attached hydrogen (secondary N) is 10. The van der Waals surface area contributed by atoms with E-state index < -0.39 is 76.9 Å². The van der Waals surface area contributed by atoms with E-state index in [1.165, 1.54) is 96.9 Å². The zero-order valence-corrected chi connectivity index (χ0v) is 50.6. The summed E-state index contributed by atoms with van der Waals surface area (Å²) < 4.78 is 20.5. The van der Waals surface area contributed by atoms with Crippen molar-refractivity contribution >= 4 is 99.7 Å². The molecule has 7 aromatic heterocycles. The van der Waals surface area contributed by atoms with Crippen LogP contribution in [0.3, 0.4) is 0 Å². The van der Waals surface area contributed by atoms with E-state index in [2.05, 4.69) is 73.1 Å². The van der Waals surface area contributed by atoms with Crippen molar-refractivity contribution < 1.29 is 62.2 Å². The lowest BCUT2D eigenvalue weighted by Crippen LogP contribution is -2.47. The second-order valence-corrected chi connectivity index (χ2v) is 21.1. The average molecular weight is 1230 g/mol. The summed E-state index contributed by atoms with van der Waals surface area (Å²) in [7, 11) is 11.1. The van der Waals surface area contributed by atoms with E-state index in [-0.39, 0.29) is 109 Å². The summed E-state index contributed by atoms with van der Waals surface area (Å²) in [5, 5.41) is 26.3. The number of imidazole rings is 4. The van der Waals surface area contributed by atoms with Crippen molar-refractivity contribution in [2.24, 2.45) is 49.3 Å². The highest BCUT2D eigenvalue weighted by molar-refractivity contribution is 6.06. The average Bonchev–Trinajstić information content (AvgIpc) is 3.35. The maximum Gasteiger partial charge on any atom is 0.408 e. The molecule has 0 spiro atoms. The number of hydrogen-bond donors (Lipinski definition) is 10. The van der Waals surface area contributed by atoms with Crippen molar-refractivity contribution in [1.29, 1.82) is 0 Å². The lowest BCUT2D eigenvalue weighted by molar-refractivity contribution is -0.118. The van der Waals surface area contributed by atoms with Crippen molar-refractivity contribution in [3.8, 4) is 0 Å². The fourth-order valence-electron chi connectivity index (χ4n) is 8.63. The van der Waals surface area contributed by atoms with Gasteiger partial charge in [-0.3, -0.25) is 43.2 Å². The van der Waals surface area contributed by atoms with E-state index in [4.69, 9.17) is 9.47 Å². The van der Waals surface area contributed by atoms with Crippen LogP contribution in [0.1, 0.15) is 121 Å². The summed E-state index contributed by atoms with van der Waals surface area (Å²) in [5.74, 6) is -5.87. The van der Waals surface area contributed by atoms with Crippen LogP contribution in [0, 0.1) is 0 Å². The number of amides is 10. The Morgan fingerprint density at radius 1 is 0.483 bits per heavy atom. The Bertz CT molecular complexity index is 3860. The standard InChI is InChI=1S/C55H69N21O13/c1-12-88-53(86)45-67-39(29-76(45)11)69-49(82)36-21-30(24-73(36)8)60-40(77)14-18-59-50(83)43-66-38(28-74(43)9)68-46(79)33(63-54(87)89-55(2,3)4)13-16-57-47(80)34-23-32(26-72(34)7)62-52(85)44-65-37(27-75(44)10)64-41(78)15-17-58-48(81)35-22-31(25-71(35)6)61-51(84)42-56-19-20-70(42)5/h19-29,33H,12-18H2,1-11H3,(H,57,80)(H,58,81)(H,59,83)(H,60,77)(H,61,84)(H,62,85)(H,63,87)(H,64,78)(H,68,79)(H,69,82)/t33-/m1/s1. The van der Waals surface area contributed by atoms with Gasteiger partial charge in [0.05, 0.1) is 23.7 Å². The molecule has 1 atom stereocenters. The lowest BCUT2D eigenvalue weighted by atomic mass is 10.2. The van der Waals surface area contributed by atoms with E-state index >= 15 is 0 Å². The zero-order valence-electron chi connectivity index (χ0n) is 50.6. The predicted molar refractivity (Wildman–Crippen MR) is 319 cm³/mol. The van der Waals surface area contributed by atoms with Gasteiger partial charge >= 0.3 is 12.1 Å². The molecule has 0 aromatic carbocycles. The van der Waals surface area contributed by atoms with Crippen LogP contribution in [0.2, 0.25) is 0 Å². The summed E-state index contributed by atoms with van der Waals surface area (Å²) in [6, 6.07) is 3.01. The number of hydrogen-bond acceptors (Lipinski definition) is 17. The zero-order chi connectivity index (χ0) is 65.0. The first-order chi connectivity index (χ1) is 42.0. The minimum Gasteiger partial charge on any atom is -0.460 e. The first-order valence-corrected chi connectivity index (χ1v) is 27.5. The van der Waals surface area contributed by atoms with Crippen molar-refractivity contribution in [3.05, 3.63) is 108 Å². The topological polar surface area (TPSA) is 413 Å². The third kappa shape index (κ3) is 17.4. The minimum absolute atomic E-state index is 0.00318. The summed E-state index contributed by atoms with van der Waals surface area (Å²) in [5.41, 5.74) is 0.429. The van der Waals surface area contributed by atoms with Gasteiger partial charge in [0.2, 0.25) is 35.2 Å². The Balaban J connectivity index is 0.859. The number of aryl methyl sites for hydroxylation is 7. The molecule has 0 fully saturated rings. The van der Waals surface area contributed by atoms with E-state index in [1.54, 1.807) is 79.9 Å². The summed E-state index contributed by atoms with van der Waals surface area (Å²) in [4.78, 5) is 160. The number of nitrogens with zero attached hydrogens (tertiary/aromatic N) is 11. The van der Waals surface area contributed by atoms with Gasteiger partial charge in [0, 0.05) is 131 Å². The molecule has 34 heteroatoms. The highest BCUT2D eigenvalue weighted by atomic mass is 16.6. The molecule has 0 saturated heterocycles. The predicted octanol–water partition coefficient (Wildman–Crippen LogP) is 1.74. The molecule has 10 amide bonds. The number of aromatic nitrogens is 11. The first kappa shape index (κ1) is 65.2. The highest BCUT2D eigenvalue weighted by Gasteiger charge is 2.28. The van der Waals surface area contributed by atoms with Gasteiger partial charge in [0.1, 0.15) is 28.7 Å². The lowest BCUT2D eigenvalue weighted by Gasteiger charge is -2.23. The molecule has 34 nitrogen and oxygen atoms in total. The van der Waals surface area contributed by atoms with Crippen LogP contribution < -0.4 is 53.2 Å². The summed E-state index contributed by atoms with van der Waals surface area (Å²) in [6.07, 6.45) is 10.5. The Morgan fingerprint density at radius 2 is 0.933 bits per heavy atom. The van der Waals surface area contributed by atoms with Gasteiger partial charge in [-0.2, -0.15) is 0 Å². The molecule has 0 saturated carbocycles. The maximum absolute atomic E-state index is 13.7. The second kappa shape index (κ2) is 28.2. The van der Waals surface area contributed by atoms with Gasteiger partial charge in [0.15, 0.2) is 23.3 Å². The Morgan fingerprint density at radius 3 is 1.46 bits per heavy atom. The minimum atomic E-state index is -1.31. The van der Waals surface area contributed by atoms with Crippen LogP contribution in [0.4, 0.5) is 39.3 Å². The van der Waals surface area contributed by atoms with Gasteiger partial charge in [-0.05, 0) is 52.3 Å². The maximum atomic E-state index is 13.7. The Kier molecular flexibility index (Phi) is 20.7. The quantitative estimate of drug-likeness (QED) is 0.0364. The summed E-state index contributed by atoms with van der Waals surface area (Å²) in [6.45, 7) is 6.36. The van der Waals surface area contributed by atoms with Crippen molar-refractivity contribution in [2.45, 2.75) is 58.6 Å². The SMILES string of the molecule is CCOC(=O)c1nc(NC(=O)c2cc(NC(=O)CCNC(=O)c3nc(NC(=O)[C@@H](CCNC(=O)c4cc(NC(=O)c5nc(NC(=O)CCNC(=O)c6cc(NC(=O)c7nccn7C)cn6C)cn5C)cn4C)NC(=O)OC(C)(C)C)cn3C)cn2C)cn1C. The van der Waals surface area contributed by atoms with Crippen LogP contribution in [0.5, 0.6) is 0 Å². The fraction of sp³-hybridized carbons (Fsp3) is 0.364. The number of alkyl carbamates (subject to hydrolysis) is 1. The monoisotopic (exact) mass is 1230 g/mol. The normalized spacial score (nSPS) is 11.4. The van der Waals surface area contributed by atoms with E-state index in [0.29, 0.717) is 11.4 Å². The van der Waals surface area contributed by atoms with Gasteiger partial charge in [-0.25, -0.2) is 29.5 Å². The molecule has 7 heterocycles. The molecule has 0 aliphatic rings. The first-order valence-electron chi connectivity index (χ1n) is 27.5. The Hall–Kier alpha value is -11.4. The van der Waals surface area contributed by atoms with Gasteiger partial charge in [-0.15, -0.1) is 0 Å². The number of anilines is 6. The molecule has 7 aromatic rings. The van der Waals surface area contributed by atoms with Crippen LogP contribution >= 0.6 is 0 Å². The van der Waals surface area contributed by atoms with Crippen LogP contribution in [-0.4, -0.2) is 155 Å². The number of carbonyl (C=O) groups excluding carboxylic acids is 11. The molecule has 472 valence electrons. The molecule has 7 rings (SSSR count). The number of esters is 1. The molecule has 0 radical (unpaired) electrons. The molecule has 0 bridgehead atoms. The fourth-order valence-corrected chi connectivity index (χ4v) is 8.63. The highest BCUT2D eigenvalue weighted by Crippen LogP contribution is 2.20. The van der Waals surface area contributed by atoms with Crippen LogP contribution in [-0.2, 0) is 73.2 Å². The van der Waals surface area contributed by atoms with Crippen molar-refractivity contribution in [1.82, 2.24) is 73.2 Å². The molecule has 0 aliphatic carbocycles. The second-order valence-electron chi connectivity index (χ2n) is 21.1. The molecule has 10 N–H and O–H groups in total. The largest absolute Gasteiger partial charge is 0.460 e. The molecule has 0 unspecified atom stereocenters. The smallest absolute Gasteiger partial charge is 0.408 e. The van der Waals surface area contributed by atoms with E-state index in [9.17, 15) is 52.7 Å². The molecular weight excluding hydrogens is 1160 g/mol. The van der Waals surface area contributed by atoms with Gasteiger partial charge in [-0.1, -0.05) is 0 Å². The summed E-state index contributed by atoms with van der Waals surface area (Å²) >= 11 is 0. The van der Waals surface area contributed by atoms with Crippen molar-refractivity contribution in [2.75, 3.05) is 58.1 Å². The van der Waals surface area contributed by atoms with Gasteiger partial charge in [0.25, 0.3) is 35.4 Å². The van der Waals surface area contributed by atoms with Crippen LogP contribution in [0.25, 0.3) is 0 Å². The van der Waals surface area contributed by atoms with Crippen LogP contribution in [0.15, 0.2) is 67.8 Å². The van der Waals surface area contributed by atoms with E-state index in [0.717, 1.165) is 0 Å². The molecule has 0 aliphatic heterocycles. The molecular formula is C55H69N21O13. The molecule has 89 heavy (non-hydrogen) atoms. The number of ether oxygens (including phenoxy) is 2. The third-order valence-electron chi connectivity index (χ3n) is 12.8. The van der Waals surface area contributed by atoms with Gasteiger partial charge < -0.3 is 94.6 Å². The number of carbonyl (C=O) groups is 11. The van der Waals surface area contributed by atoms with E-state index in [1.807, 2.05) is 0 Å². The van der Waals surface area contributed by atoms with Crippen molar-refractivity contribution in [3.63, 3.8) is 0 Å².